The van der Waals surface area contributed by atoms with Gasteiger partial charge in [-0.25, -0.2) is 0 Å². The standard InChI is InChI=1S/C22H23N3O3/c1-15-10-11-17(13-23-15)27-14-18-12-20(24-28-18)22(26)25(2)21-9-5-7-16-6-3-4-8-19(16)21/h3-4,6,8,10-13,21H,5,7,9,14H2,1-2H3. The Labute approximate surface area is 164 Å². The highest BCUT2D eigenvalue weighted by Crippen LogP contribution is 2.34. The van der Waals surface area contributed by atoms with Crippen molar-refractivity contribution in [1.29, 1.82) is 0 Å². The lowest BCUT2D eigenvalue weighted by Gasteiger charge is -2.32. The molecule has 0 aliphatic heterocycles. The van der Waals surface area contributed by atoms with Crippen molar-refractivity contribution in [1.82, 2.24) is 15.0 Å². The van der Waals surface area contributed by atoms with Gasteiger partial charge in [0.1, 0.15) is 12.4 Å². The van der Waals surface area contributed by atoms with Crippen molar-refractivity contribution in [2.24, 2.45) is 0 Å². The Hall–Kier alpha value is -3.15. The van der Waals surface area contributed by atoms with Gasteiger partial charge in [-0.2, -0.15) is 0 Å². The molecule has 2 heterocycles. The minimum absolute atomic E-state index is 0.0625. The molecule has 0 N–H and O–H groups in total. The fraction of sp³-hybridized carbons (Fsp3) is 0.318. The number of hydrogen-bond donors (Lipinski definition) is 0. The topological polar surface area (TPSA) is 68.5 Å². The van der Waals surface area contributed by atoms with Gasteiger partial charge in [0.05, 0.1) is 12.2 Å². The number of aromatic nitrogens is 2. The molecule has 4 rings (SSSR count). The average molecular weight is 377 g/mol. The fourth-order valence-corrected chi connectivity index (χ4v) is 3.63. The number of aryl methyl sites for hydroxylation is 2. The number of carbonyl (C=O) groups is 1. The van der Waals surface area contributed by atoms with Crippen LogP contribution in [-0.2, 0) is 13.0 Å². The maximum Gasteiger partial charge on any atom is 0.276 e. The number of pyridine rings is 1. The Bertz CT molecular complexity index is 965. The zero-order valence-electron chi connectivity index (χ0n) is 16.1. The zero-order chi connectivity index (χ0) is 19.5. The molecule has 0 saturated heterocycles. The number of benzene rings is 1. The van der Waals surface area contributed by atoms with Gasteiger partial charge in [-0.1, -0.05) is 29.4 Å². The lowest BCUT2D eigenvalue weighted by molar-refractivity contribution is 0.0704. The van der Waals surface area contributed by atoms with Gasteiger partial charge in [0, 0.05) is 18.8 Å². The summed E-state index contributed by atoms with van der Waals surface area (Å²) < 4.78 is 10.9. The first-order valence-corrected chi connectivity index (χ1v) is 9.48. The van der Waals surface area contributed by atoms with Crippen molar-refractivity contribution < 1.29 is 14.1 Å². The molecule has 6 heteroatoms. The van der Waals surface area contributed by atoms with Crippen LogP contribution in [0.25, 0.3) is 0 Å². The highest BCUT2D eigenvalue weighted by Gasteiger charge is 2.28. The molecule has 1 aliphatic rings. The van der Waals surface area contributed by atoms with Crippen LogP contribution in [0.3, 0.4) is 0 Å². The van der Waals surface area contributed by atoms with E-state index in [0.29, 0.717) is 17.2 Å². The van der Waals surface area contributed by atoms with Gasteiger partial charge in [-0.3, -0.25) is 9.78 Å². The predicted molar refractivity (Wildman–Crippen MR) is 104 cm³/mol. The second-order valence-corrected chi connectivity index (χ2v) is 7.13. The minimum atomic E-state index is -0.145. The molecule has 1 atom stereocenters. The van der Waals surface area contributed by atoms with Crippen molar-refractivity contribution in [3.63, 3.8) is 0 Å². The van der Waals surface area contributed by atoms with Crippen molar-refractivity contribution in [3.8, 4) is 5.75 Å². The van der Waals surface area contributed by atoms with Crippen LogP contribution in [0.4, 0.5) is 0 Å². The lowest BCUT2D eigenvalue weighted by atomic mass is 9.87. The van der Waals surface area contributed by atoms with E-state index >= 15 is 0 Å². The summed E-state index contributed by atoms with van der Waals surface area (Å²) in [5, 5.41) is 3.95. The van der Waals surface area contributed by atoms with E-state index < -0.39 is 0 Å². The van der Waals surface area contributed by atoms with E-state index in [1.165, 1.54) is 11.1 Å². The van der Waals surface area contributed by atoms with Gasteiger partial charge in [0.2, 0.25) is 0 Å². The Morgan fingerprint density at radius 2 is 2.14 bits per heavy atom. The number of fused-ring (bicyclic) bond motifs is 1. The van der Waals surface area contributed by atoms with Crippen LogP contribution >= 0.6 is 0 Å². The first-order valence-electron chi connectivity index (χ1n) is 9.48. The third-order valence-corrected chi connectivity index (χ3v) is 5.17. The first kappa shape index (κ1) is 18.2. The van der Waals surface area contributed by atoms with Crippen LogP contribution in [0, 0.1) is 6.92 Å². The second-order valence-electron chi connectivity index (χ2n) is 7.13. The predicted octanol–water partition coefficient (Wildman–Crippen LogP) is 4.11. The Morgan fingerprint density at radius 1 is 1.29 bits per heavy atom. The zero-order valence-corrected chi connectivity index (χ0v) is 16.1. The van der Waals surface area contributed by atoms with Gasteiger partial charge >= 0.3 is 0 Å². The summed E-state index contributed by atoms with van der Waals surface area (Å²) in [6, 6.07) is 13.8. The highest BCUT2D eigenvalue weighted by molar-refractivity contribution is 5.92. The number of nitrogens with zero attached hydrogens (tertiary/aromatic N) is 3. The molecular formula is C22H23N3O3. The van der Waals surface area contributed by atoms with Crippen LogP contribution in [0.2, 0.25) is 0 Å². The largest absolute Gasteiger partial charge is 0.484 e. The van der Waals surface area contributed by atoms with Gasteiger partial charge < -0.3 is 14.2 Å². The van der Waals surface area contributed by atoms with Crippen molar-refractivity contribution >= 4 is 5.91 Å². The smallest absolute Gasteiger partial charge is 0.276 e. The molecule has 0 spiro atoms. The molecule has 0 radical (unpaired) electrons. The van der Waals surface area contributed by atoms with E-state index in [1.807, 2.05) is 32.2 Å². The van der Waals surface area contributed by atoms with Crippen LogP contribution < -0.4 is 4.74 Å². The first-order chi connectivity index (χ1) is 13.6. The van der Waals surface area contributed by atoms with E-state index in [0.717, 1.165) is 25.0 Å². The van der Waals surface area contributed by atoms with Gasteiger partial charge in [0.25, 0.3) is 5.91 Å². The van der Waals surface area contributed by atoms with Crippen LogP contribution in [0.15, 0.2) is 53.2 Å². The molecule has 1 amide bonds. The third kappa shape index (κ3) is 3.76. The van der Waals surface area contributed by atoms with E-state index in [1.54, 1.807) is 17.2 Å². The number of hydrogen-bond acceptors (Lipinski definition) is 5. The van der Waals surface area contributed by atoms with E-state index in [-0.39, 0.29) is 18.6 Å². The molecule has 2 aromatic heterocycles. The molecule has 0 bridgehead atoms. The van der Waals surface area contributed by atoms with Crippen LogP contribution in [0.5, 0.6) is 5.75 Å². The second kappa shape index (κ2) is 7.84. The summed E-state index contributed by atoms with van der Waals surface area (Å²) in [6.45, 7) is 2.11. The summed E-state index contributed by atoms with van der Waals surface area (Å²) >= 11 is 0. The molecule has 1 aromatic carbocycles. The summed E-state index contributed by atoms with van der Waals surface area (Å²) in [5.41, 5.74) is 3.77. The number of ether oxygens (including phenoxy) is 1. The third-order valence-electron chi connectivity index (χ3n) is 5.17. The summed E-state index contributed by atoms with van der Waals surface area (Å²) in [5.74, 6) is 1.00. The number of amides is 1. The van der Waals surface area contributed by atoms with Gasteiger partial charge in [0.15, 0.2) is 11.5 Å². The van der Waals surface area contributed by atoms with Crippen LogP contribution in [0.1, 0.15) is 52.0 Å². The van der Waals surface area contributed by atoms with Crippen LogP contribution in [-0.4, -0.2) is 28.0 Å². The molecule has 1 aliphatic carbocycles. The molecule has 144 valence electrons. The minimum Gasteiger partial charge on any atom is -0.484 e. The quantitative estimate of drug-likeness (QED) is 0.669. The summed E-state index contributed by atoms with van der Waals surface area (Å²) in [4.78, 5) is 18.9. The van der Waals surface area contributed by atoms with Gasteiger partial charge in [-0.15, -0.1) is 0 Å². The molecule has 28 heavy (non-hydrogen) atoms. The van der Waals surface area contributed by atoms with E-state index in [2.05, 4.69) is 28.3 Å². The average Bonchev–Trinajstić information content (AvgIpc) is 3.21. The SMILES string of the molecule is Cc1ccc(OCc2cc(C(=O)N(C)C3CCCc4ccccc43)no2)cn1. The molecule has 3 aromatic rings. The fourth-order valence-electron chi connectivity index (χ4n) is 3.63. The number of rotatable bonds is 5. The molecular weight excluding hydrogens is 354 g/mol. The molecule has 0 fully saturated rings. The molecule has 6 nitrogen and oxygen atoms in total. The highest BCUT2D eigenvalue weighted by atomic mass is 16.5. The van der Waals surface area contributed by atoms with Crippen molar-refractivity contribution in [3.05, 3.63) is 76.9 Å². The maximum atomic E-state index is 12.9. The van der Waals surface area contributed by atoms with Gasteiger partial charge in [-0.05, 0) is 49.4 Å². The Kier molecular flexibility index (Phi) is 5.10. The van der Waals surface area contributed by atoms with E-state index in [9.17, 15) is 4.79 Å². The Balaban J connectivity index is 1.43. The lowest BCUT2D eigenvalue weighted by Crippen LogP contribution is -2.33. The molecule has 1 unspecified atom stereocenters. The maximum absolute atomic E-state index is 12.9. The summed E-state index contributed by atoms with van der Waals surface area (Å²) in [6.07, 6.45) is 4.75. The monoisotopic (exact) mass is 377 g/mol. The van der Waals surface area contributed by atoms with Crippen molar-refractivity contribution in [2.75, 3.05) is 7.05 Å². The summed E-state index contributed by atoms with van der Waals surface area (Å²) in [7, 11) is 1.83. The number of carbonyl (C=O) groups excluding carboxylic acids is 1. The van der Waals surface area contributed by atoms with Crippen molar-refractivity contribution in [2.45, 2.75) is 38.8 Å². The van der Waals surface area contributed by atoms with E-state index in [4.69, 9.17) is 9.26 Å². The Morgan fingerprint density at radius 3 is 2.96 bits per heavy atom. The normalized spacial score (nSPS) is 15.7. The molecule has 0 saturated carbocycles.